The van der Waals surface area contributed by atoms with E-state index in [9.17, 15) is 23.2 Å². The Labute approximate surface area is 196 Å². The van der Waals surface area contributed by atoms with Crippen molar-refractivity contribution in [3.05, 3.63) is 86.4 Å². The minimum absolute atomic E-state index is 0.00955. The summed E-state index contributed by atoms with van der Waals surface area (Å²) in [6.45, 7) is 3.07. The van der Waals surface area contributed by atoms with Crippen LogP contribution in [0.2, 0.25) is 5.15 Å². The third-order valence-electron chi connectivity index (χ3n) is 5.28. The average Bonchev–Trinajstić information content (AvgIpc) is 2.81. The molecule has 0 aliphatic carbocycles. The van der Waals surface area contributed by atoms with Gasteiger partial charge in [-0.05, 0) is 50.2 Å². The van der Waals surface area contributed by atoms with Crippen LogP contribution in [0.15, 0.2) is 57.9 Å². The van der Waals surface area contributed by atoms with Crippen molar-refractivity contribution >= 4 is 28.3 Å². The molecular formula is C24H16ClF3N4O2. The predicted octanol–water partition coefficient (Wildman–Crippen LogP) is 6.28. The Morgan fingerprint density at radius 3 is 2.62 bits per heavy atom. The molecule has 0 saturated heterocycles. The highest BCUT2D eigenvalue weighted by Gasteiger charge is 2.33. The second-order valence-corrected chi connectivity index (χ2v) is 7.94. The van der Waals surface area contributed by atoms with Gasteiger partial charge in [0.15, 0.2) is 16.9 Å². The van der Waals surface area contributed by atoms with Gasteiger partial charge in [0.25, 0.3) is 0 Å². The molecule has 10 heteroatoms. The van der Waals surface area contributed by atoms with Crippen LogP contribution in [-0.2, 0) is 6.18 Å². The van der Waals surface area contributed by atoms with Crippen LogP contribution in [0.1, 0.15) is 35.3 Å². The van der Waals surface area contributed by atoms with E-state index in [-0.39, 0.29) is 44.4 Å². The van der Waals surface area contributed by atoms with Gasteiger partial charge in [-0.1, -0.05) is 17.7 Å². The summed E-state index contributed by atoms with van der Waals surface area (Å²) < 4.78 is 47.1. The molecule has 34 heavy (non-hydrogen) atoms. The number of hydrogen-bond donors (Lipinski definition) is 1. The van der Waals surface area contributed by atoms with Crippen LogP contribution in [0.25, 0.3) is 22.4 Å². The van der Waals surface area contributed by atoms with Gasteiger partial charge in [-0.3, -0.25) is 9.78 Å². The van der Waals surface area contributed by atoms with Gasteiger partial charge < -0.3 is 9.73 Å². The van der Waals surface area contributed by atoms with Crippen LogP contribution < -0.4 is 10.7 Å². The third-order valence-corrected chi connectivity index (χ3v) is 5.49. The molecule has 3 aromatic heterocycles. The molecule has 1 N–H and O–H groups in total. The molecule has 4 rings (SSSR count). The summed E-state index contributed by atoms with van der Waals surface area (Å²) in [6.07, 6.45) is -3.17. The Morgan fingerprint density at radius 1 is 1.21 bits per heavy atom. The van der Waals surface area contributed by atoms with E-state index in [2.05, 4.69) is 15.3 Å². The quantitative estimate of drug-likeness (QED) is 0.343. The number of nitriles is 1. The Bertz CT molecular complexity index is 1500. The molecule has 1 unspecified atom stereocenters. The van der Waals surface area contributed by atoms with Crippen LogP contribution in [-0.4, -0.2) is 9.97 Å². The lowest BCUT2D eigenvalue weighted by atomic mass is 9.98. The van der Waals surface area contributed by atoms with Gasteiger partial charge in [-0.2, -0.15) is 18.4 Å². The normalized spacial score (nSPS) is 12.4. The lowest BCUT2D eigenvalue weighted by Crippen LogP contribution is -2.15. The lowest BCUT2D eigenvalue weighted by molar-refractivity contribution is -0.137. The highest BCUT2D eigenvalue weighted by atomic mass is 35.5. The van der Waals surface area contributed by atoms with E-state index < -0.39 is 23.2 Å². The number of anilines is 1. The first-order valence-electron chi connectivity index (χ1n) is 10.0. The van der Waals surface area contributed by atoms with Gasteiger partial charge in [0.05, 0.1) is 22.7 Å². The van der Waals surface area contributed by atoms with Crippen LogP contribution in [0.4, 0.5) is 18.9 Å². The molecule has 0 fully saturated rings. The first-order valence-corrected chi connectivity index (χ1v) is 10.4. The summed E-state index contributed by atoms with van der Waals surface area (Å²) >= 11 is 5.84. The van der Waals surface area contributed by atoms with Crippen LogP contribution in [0.3, 0.4) is 0 Å². The lowest BCUT2D eigenvalue weighted by Gasteiger charge is -2.20. The first kappa shape index (κ1) is 23.3. The van der Waals surface area contributed by atoms with Gasteiger partial charge in [0, 0.05) is 17.3 Å². The van der Waals surface area contributed by atoms with Gasteiger partial charge in [-0.25, -0.2) is 4.98 Å². The van der Waals surface area contributed by atoms with E-state index >= 15 is 0 Å². The molecule has 1 aromatic carbocycles. The molecule has 0 radical (unpaired) electrons. The van der Waals surface area contributed by atoms with Crippen molar-refractivity contribution in [2.24, 2.45) is 0 Å². The summed E-state index contributed by atoms with van der Waals surface area (Å²) in [5.41, 5.74) is -0.748. The summed E-state index contributed by atoms with van der Waals surface area (Å²) in [5.74, 6) is 0.164. The van der Waals surface area contributed by atoms with Crippen molar-refractivity contribution in [1.29, 1.82) is 5.26 Å². The monoisotopic (exact) mass is 484 g/mol. The smallest absolute Gasteiger partial charge is 0.416 e. The SMILES string of the molecule is Cc1c(-c2ccccn2)oc2c(C(C)Nc3ccc(Cl)nc3C#N)cc(C(F)(F)F)cc2c1=O. The molecule has 0 bridgehead atoms. The third kappa shape index (κ3) is 4.32. The fourth-order valence-electron chi connectivity index (χ4n) is 3.59. The largest absolute Gasteiger partial charge is 0.454 e. The second-order valence-electron chi connectivity index (χ2n) is 7.55. The second kappa shape index (κ2) is 8.80. The highest BCUT2D eigenvalue weighted by molar-refractivity contribution is 6.29. The molecule has 172 valence electrons. The zero-order valence-corrected chi connectivity index (χ0v) is 18.6. The topological polar surface area (TPSA) is 91.8 Å². The zero-order chi connectivity index (χ0) is 24.6. The minimum atomic E-state index is -4.69. The zero-order valence-electron chi connectivity index (χ0n) is 17.9. The van der Waals surface area contributed by atoms with Gasteiger partial charge in [-0.15, -0.1) is 0 Å². The maximum absolute atomic E-state index is 13.7. The van der Waals surface area contributed by atoms with E-state index in [1.807, 2.05) is 6.07 Å². The molecule has 0 saturated carbocycles. The molecule has 0 aliphatic heterocycles. The van der Waals surface area contributed by atoms with E-state index in [0.29, 0.717) is 5.69 Å². The number of pyridine rings is 2. The van der Waals surface area contributed by atoms with Crippen LogP contribution >= 0.6 is 11.6 Å². The maximum Gasteiger partial charge on any atom is 0.416 e. The van der Waals surface area contributed by atoms with E-state index in [4.69, 9.17) is 16.0 Å². The number of halogens is 4. The van der Waals surface area contributed by atoms with E-state index in [1.54, 1.807) is 25.1 Å². The maximum atomic E-state index is 13.7. The number of alkyl halides is 3. The van der Waals surface area contributed by atoms with Gasteiger partial charge in [0.2, 0.25) is 0 Å². The number of hydrogen-bond acceptors (Lipinski definition) is 6. The minimum Gasteiger partial charge on any atom is -0.454 e. The first-order chi connectivity index (χ1) is 16.1. The molecule has 0 spiro atoms. The fraction of sp³-hybridized carbons (Fsp3) is 0.167. The van der Waals surface area contributed by atoms with Crippen molar-refractivity contribution in [3.63, 3.8) is 0 Å². The van der Waals surface area contributed by atoms with Gasteiger partial charge in [0.1, 0.15) is 22.5 Å². The van der Waals surface area contributed by atoms with Crippen molar-refractivity contribution in [3.8, 4) is 17.5 Å². The standard InChI is InChI=1S/C24H16ClF3N4O2/c1-12-21(33)16-10-14(24(26,27)28)9-15(23(16)34-22(12)18-5-3-4-8-30-18)13(2)31-17-6-7-20(25)32-19(17)11-29/h3-10,13,31H,1-2H3. The van der Waals surface area contributed by atoms with Crippen molar-refractivity contribution in [1.82, 2.24) is 9.97 Å². The molecule has 6 nitrogen and oxygen atoms in total. The summed E-state index contributed by atoms with van der Waals surface area (Å²) in [5, 5.41) is 12.2. The van der Waals surface area contributed by atoms with E-state index in [1.165, 1.54) is 25.3 Å². The Kier molecular flexibility index (Phi) is 6.02. The Hall–Kier alpha value is -3.90. The highest BCUT2D eigenvalue weighted by Crippen LogP contribution is 2.37. The molecule has 0 aliphatic rings. The number of nitrogens with one attached hydrogen (secondary N) is 1. The van der Waals surface area contributed by atoms with E-state index in [0.717, 1.165) is 12.1 Å². The molecule has 3 heterocycles. The molecular weight excluding hydrogens is 469 g/mol. The van der Waals surface area contributed by atoms with Crippen LogP contribution in [0.5, 0.6) is 0 Å². The van der Waals surface area contributed by atoms with Crippen molar-refractivity contribution in [2.75, 3.05) is 5.32 Å². The van der Waals surface area contributed by atoms with Gasteiger partial charge >= 0.3 is 6.18 Å². The number of aromatic nitrogens is 2. The summed E-state index contributed by atoms with van der Waals surface area (Å²) in [7, 11) is 0. The summed E-state index contributed by atoms with van der Waals surface area (Å²) in [6, 6.07) is 10.8. The Balaban J connectivity index is 1.96. The fourth-order valence-corrected chi connectivity index (χ4v) is 3.74. The number of nitrogens with zero attached hydrogens (tertiary/aromatic N) is 3. The molecule has 4 aromatic rings. The number of fused-ring (bicyclic) bond motifs is 1. The van der Waals surface area contributed by atoms with Crippen LogP contribution in [0, 0.1) is 18.3 Å². The number of rotatable bonds is 4. The predicted molar refractivity (Wildman–Crippen MR) is 121 cm³/mol. The van der Waals surface area contributed by atoms with Crippen molar-refractivity contribution in [2.45, 2.75) is 26.1 Å². The summed E-state index contributed by atoms with van der Waals surface area (Å²) in [4.78, 5) is 21.2. The molecule has 1 atom stereocenters. The number of benzene rings is 1. The average molecular weight is 485 g/mol. The molecule has 0 amide bonds. The Morgan fingerprint density at radius 2 is 1.97 bits per heavy atom. The van der Waals surface area contributed by atoms with Crippen molar-refractivity contribution < 1.29 is 17.6 Å².